The number of carbonyl (C=O) groups is 15. The number of hydrogen-bond donors (Lipinski definition) is 27. The number of nitrogens with zero attached hydrogens (tertiary/aromatic N) is 3. The molecule has 116 heavy (non-hydrogen) atoms. The first-order valence-corrected chi connectivity index (χ1v) is 37.6. The highest BCUT2D eigenvalue weighted by atomic mass is 16.4. The first-order chi connectivity index (χ1) is 55.0. The summed E-state index contributed by atoms with van der Waals surface area (Å²) in [6.45, 7) is 4.98. The van der Waals surface area contributed by atoms with Gasteiger partial charge in [-0.25, -0.2) is 14.8 Å². The molecular weight excluding hydrogens is 1530 g/mol. The van der Waals surface area contributed by atoms with Crippen molar-refractivity contribution in [2.75, 3.05) is 39.5 Å². The van der Waals surface area contributed by atoms with Crippen LogP contribution in [-0.2, 0) is 91.2 Å². The molecule has 3 aromatic heterocycles. The molecule has 0 fully saturated rings. The average molecular weight is 1640 g/mol. The van der Waals surface area contributed by atoms with Crippen LogP contribution in [-0.4, -0.2) is 286 Å². The van der Waals surface area contributed by atoms with E-state index in [2.05, 4.69) is 93.7 Å². The normalized spacial score (nSPS) is 15.6. The number of H-pyrrole nitrogens is 3. The summed E-state index contributed by atoms with van der Waals surface area (Å²) in [7, 11) is 0. The lowest BCUT2D eigenvalue weighted by atomic mass is 9.96. The molecule has 17 atom stereocenters. The van der Waals surface area contributed by atoms with Crippen molar-refractivity contribution in [3.8, 4) is 0 Å². The quantitative estimate of drug-likeness (QED) is 0.0111. The van der Waals surface area contributed by atoms with E-state index >= 15 is 9.59 Å². The van der Waals surface area contributed by atoms with Gasteiger partial charge in [0.25, 0.3) is 0 Å². The highest BCUT2D eigenvalue weighted by Crippen LogP contribution is 2.21. The topological polar surface area (TPSA) is 744 Å². The number of amides is 13. The van der Waals surface area contributed by atoms with Gasteiger partial charge in [0, 0.05) is 73.1 Å². The number of aromatic amines is 3. The number of benzene rings is 1. The van der Waals surface area contributed by atoms with Crippen molar-refractivity contribution in [2.24, 2.45) is 39.8 Å². The number of guanidine groups is 1. The van der Waals surface area contributed by atoms with Crippen LogP contribution in [0.5, 0.6) is 0 Å². The third-order valence-electron chi connectivity index (χ3n) is 18.8. The Labute approximate surface area is 665 Å². The van der Waals surface area contributed by atoms with E-state index in [9.17, 15) is 98.1 Å². The van der Waals surface area contributed by atoms with Crippen LogP contribution in [0.25, 0.3) is 10.9 Å². The van der Waals surface area contributed by atoms with Crippen molar-refractivity contribution in [3.05, 3.63) is 72.5 Å². The second kappa shape index (κ2) is 49.1. The Morgan fingerprint density at radius 3 is 1.32 bits per heavy atom. The molecule has 0 unspecified atom stereocenters. The standard InChI is InChI=1S/C71H111N23O22/c1-7-34(3)54(67(112)87-49(24-40-27-77-33-81-40)64(109)86-47(22-38-25-79-43-15-10-9-14-41(38)43)62(107)85-46(18-19-53(100)101)59(104)90-50(29-96)65(110)82-36(5)57(102)91-52(31-98)70(115)116)92-61(106)45(17-13-21-78-71(74)75)83-63(108)48(23-39-26-76-32-80-39)88-69(114)56(37(6)99)94-68(113)55(35(4)8-2)93-60(105)44(16-11-12-20-72)84-66(111)51(30-97)89-58(103)42(73)28-95/h9-10,14-15,25-27,32-37,42,44-52,54-56,79,95-99H,7-8,11-13,16-24,28-31,72-73H2,1-6H3,(H,76,80)(H,77,81)(H,82,110)(H,83,108)(H,84,111)(H,85,107)(H,86,109)(H,87,112)(H,88,114)(H,89,103)(H,90,104)(H,91,102)(H,92,106)(H,93,105)(H,94,113)(H,100,101)(H,115,116)(H4,74,75,78)/t34-,35-,36-,37+,42-,44-,45-,46-,47-,48-,49-,50-,51-,52-,54-,55-,56-/m0/s1. The van der Waals surface area contributed by atoms with Crippen molar-refractivity contribution in [3.63, 3.8) is 0 Å². The van der Waals surface area contributed by atoms with E-state index in [1.807, 2.05) is 5.32 Å². The molecule has 0 spiro atoms. The fraction of sp³-hybridized carbons (Fsp3) is 0.577. The largest absolute Gasteiger partial charge is 0.481 e. The molecule has 3 heterocycles. The van der Waals surface area contributed by atoms with Gasteiger partial charge in [0.15, 0.2) is 5.96 Å². The molecule has 0 aliphatic rings. The highest BCUT2D eigenvalue weighted by molar-refractivity contribution is 6.01. The molecule has 0 saturated heterocycles. The van der Waals surface area contributed by atoms with E-state index in [0.717, 1.165) is 13.8 Å². The second-order valence-corrected chi connectivity index (χ2v) is 27.7. The number of carbonyl (C=O) groups excluding carboxylic acids is 13. The number of fused-ring (bicyclic) bond motifs is 1. The van der Waals surface area contributed by atoms with Crippen molar-refractivity contribution in [1.29, 1.82) is 0 Å². The lowest BCUT2D eigenvalue weighted by molar-refractivity contribution is -0.143. The van der Waals surface area contributed by atoms with E-state index in [1.165, 1.54) is 31.2 Å². The maximum atomic E-state index is 15.1. The molecule has 4 aromatic rings. The Morgan fingerprint density at radius 1 is 0.457 bits per heavy atom. The van der Waals surface area contributed by atoms with Gasteiger partial charge in [-0.05, 0) is 82.4 Å². The number of unbranched alkanes of at least 4 members (excludes halogenated alkanes) is 1. The van der Waals surface area contributed by atoms with Gasteiger partial charge >= 0.3 is 11.9 Å². The van der Waals surface area contributed by atoms with Crippen LogP contribution in [0.4, 0.5) is 0 Å². The molecule has 0 aliphatic carbocycles. The lowest BCUT2D eigenvalue weighted by Crippen LogP contribution is -2.63. The number of aliphatic hydroxyl groups excluding tert-OH is 5. The Kier molecular flexibility index (Phi) is 40.9. The third kappa shape index (κ3) is 31.2. The average Bonchev–Trinajstić information content (AvgIpc) is 1.65. The van der Waals surface area contributed by atoms with Gasteiger partial charge in [0.05, 0.1) is 45.2 Å². The predicted molar refractivity (Wildman–Crippen MR) is 412 cm³/mol. The second-order valence-electron chi connectivity index (χ2n) is 27.7. The van der Waals surface area contributed by atoms with Crippen LogP contribution < -0.4 is 92.1 Å². The summed E-state index contributed by atoms with van der Waals surface area (Å²) in [6.07, 6.45) is 3.14. The summed E-state index contributed by atoms with van der Waals surface area (Å²) in [6, 6.07) is -16.3. The smallest absolute Gasteiger partial charge is 0.328 e. The summed E-state index contributed by atoms with van der Waals surface area (Å²) in [5, 5.41) is 101. The number of para-hydroxylation sites is 1. The van der Waals surface area contributed by atoms with E-state index in [4.69, 9.17) is 22.9 Å². The van der Waals surface area contributed by atoms with E-state index < -0.39 is 231 Å². The highest BCUT2D eigenvalue weighted by Gasteiger charge is 2.40. The van der Waals surface area contributed by atoms with Crippen molar-refractivity contribution in [2.45, 2.75) is 209 Å². The monoisotopic (exact) mass is 1640 g/mol. The van der Waals surface area contributed by atoms with Gasteiger partial charge in [-0.1, -0.05) is 58.7 Å². The van der Waals surface area contributed by atoms with Crippen molar-refractivity contribution in [1.82, 2.24) is 94.0 Å². The van der Waals surface area contributed by atoms with E-state index in [0.29, 0.717) is 22.9 Å². The molecule has 45 nitrogen and oxygen atoms in total. The van der Waals surface area contributed by atoms with Crippen LogP contribution in [0.2, 0.25) is 0 Å². The van der Waals surface area contributed by atoms with Crippen LogP contribution in [0, 0.1) is 11.8 Å². The number of aliphatic hydroxyl groups is 5. The number of nitrogens with one attached hydrogen (secondary N) is 16. The maximum Gasteiger partial charge on any atom is 0.328 e. The minimum atomic E-state index is -1.88. The third-order valence-corrected chi connectivity index (χ3v) is 18.8. The maximum absolute atomic E-state index is 15.1. The molecule has 45 heteroatoms. The molecule has 642 valence electrons. The van der Waals surface area contributed by atoms with Crippen molar-refractivity contribution >= 4 is 106 Å². The molecule has 31 N–H and O–H groups in total. The molecule has 1 aromatic carbocycles. The summed E-state index contributed by atoms with van der Waals surface area (Å²) in [5.74, 6) is -18.7. The van der Waals surface area contributed by atoms with Crippen LogP contribution in [0.1, 0.15) is 116 Å². The van der Waals surface area contributed by atoms with E-state index in [1.54, 1.807) is 52.0 Å². The fourth-order valence-electron chi connectivity index (χ4n) is 11.5. The van der Waals surface area contributed by atoms with Gasteiger partial charge in [-0.3, -0.25) is 72.1 Å². The molecular formula is C71H111N23O22. The zero-order chi connectivity index (χ0) is 86.5. The zero-order valence-electron chi connectivity index (χ0n) is 65.1. The predicted octanol–water partition coefficient (Wildman–Crippen LogP) is -9.13. The number of carboxylic acids is 2. The number of aliphatic carboxylic acids is 2. The summed E-state index contributed by atoms with van der Waals surface area (Å²) >= 11 is 0. The molecule has 0 bridgehead atoms. The first kappa shape index (κ1) is 96.6. The van der Waals surface area contributed by atoms with Crippen LogP contribution >= 0.6 is 0 Å². The number of carboxylic acid groups (broad SMARTS) is 2. The Balaban J connectivity index is 1.69. The number of imidazole rings is 2. The summed E-state index contributed by atoms with van der Waals surface area (Å²) in [4.78, 5) is 228. The van der Waals surface area contributed by atoms with E-state index in [-0.39, 0.29) is 88.2 Å². The molecule has 13 amide bonds. The van der Waals surface area contributed by atoms with Gasteiger partial charge in [0.2, 0.25) is 76.8 Å². The Morgan fingerprint density at radius 2 is 0.862 bits per heavy atom. The van der Waals surface area contributed by atoms with Crippen LogP contribution in [0.3, 0.4) is 0 Å². The van der Waals surface area contributed by atoms with Gasteiger partial charge in [-0.2, -0.15) is 0 Å². The van der Waals surface area contributed by atoms with Gasteiger partial charge in [-0.15, -0.1) is 0 Å². The summed E-state index contributed by atoms with van der Waals surface area (Å²) in [5.41, 5.74) is 24.0. The van der Waals surface area contributed by atoms with Crippen LogP contribution in [0.15, 0.2) is 60.5 Å². The Bertz CT molecular complexity index is 3950. The minimum absolute atomic E-state index is 0.0150. The Hall–Kier alpha value is -11.8. The number of aromatic nitrogens is 5. The SMILES string of the molecule is CC[C@H](C)[C@H](NC(=O)[C@H](CCCN=C(N)N)NC(=O)[C@H](Cc1cnc[nH]1)NC(=O)[C@@H](NC(=O)[C@@H](NC(=O)[C@H](CCCCN)NC(=O)[C@H](CO)NC(=O)[C@@H](N)CO)[C@@H](C)CC)[C@@H](C)O)C(=O)N[C@@H](Cc1cnc[nH]1)C(=O)N[C@@H](Cc1c[nH]c2ccccc12)C(=O)N[C@@H](CCC(=O)O)C(=O)N[C@@H](CO)C(=O)N[C@@H](C)C(=O)N[C@@H](CO)C(=O)O. The number of aliphatic imine (C=N–C) groups is 1. The summed E-state index contributed by atoms with van der Waals surface area (Å²) < 4.78 is 0. The molecule has 0 radical (unpaired) electrons. The number of rotatable bonds is 53. The first-order valence-electron chi connectivity index (χ1n) is 37.6. The molecule has 0 saturated carbocycles. The fourth-order valence-corrected chi connectivity index (χ4v) is 11.5. The number of nitrogens with two attached hydrogens (primary N) is 4. The zero-order valence-corrected chi connectivity index (χ0v) is 65.1. The molecule has 0 aliphatic heterocycles. The number of hydrogen-bond acceptors (Lipinski definition) is 25. The van der Waals surface area contributed by atoms with Gasteiger partial charge in [0.1, 0.15) is 84.6 Å². The van der Waals surface area contributed by atoms with Crippen molar-refractivity contribution < 1.29 is 108 Å². The van der Waals surface area contributed by atoms with Gasteiger partial charge < -0.3 is 143 Å². The minimum Gasteiger partial charge on any atom is -0.481 e. The lowest BCUT2D eigenvalue weighted by Gasteiger charge is -2.31. The molecule has 4 rings (SSSR count).